The third kappa shape index (κ3) is 37.9. The van der Waals surface area contributed by atoms with E-state index < -0.39 is 0 Å². The number of hydrogen-bond donors (Lipinski definition) is 1. The lowest BCUT2D eigenvalue weighted by Gasteiger charge is -2.28. The second kappa shape index (κ2) is 36.6. The summed E-state index contributed by atoms with van der Waals surface area (Å²) in [6.45, 7) is 79.3. The van der Waals surface area contributed by atoms with Crippen molar-refractivity contribution in [2.75, 3.05) is 0 Å². The van der Waals surface area contributed by atoms with Gasteiger partial charge in [-0.1, -0.05) is 241 Å². The fraction of sp³-hybridized carbons (Fsp3) is 0.627. The molecule has 0 aliphatic heterocycles. The quantitative estimate of drug-likeness (QED) is 0.165. The first kappa shape index (κ1) is 68.7. The van der Waals surface area contributed by atoms with Gasteiger partial charge in [0.2, 0.25) is 0 Å². The van der Waals surface area contributed by atoms with E-state index in [-0.39, 0.29) is 0 Å². The number of benzene rings is 1. The number of rotatable bonds is 12. The molecule has 1 aromatic rings. The standard InChI is InChI=1S/C12H22.C11H18.C10H14.C10H20.C6H14.C6H12.C2H5N.C2H4/c1-7-10-11(12(10,5)6)9(4)8(2)3;1-6-7-8-10(4)11(5)9(2)3;1-10(2,3)9-7-5-4-6-8-9;1-7-8(2)9(3)10(4,5)6;1-5-6(2,3)4;1-4-5-6(2)3;1-2-3;1-2/h9-11H,2,7H2,1,3-6H3;6,10H,1-2,5,7-8H2,3-4H3;4-8H,1-3H3;9H,2,7H2,1,3-6H3;5H2,1-4H3;2,4-5H2,1,3H3;2H,1,3H2;1-2H2. The molecule has 2 N–H and O–H groups in total. The lowest BCUT2D eigenvalue weighted by Crippen LogP contribution is -2.18. The molecule has 1 saturated carbocycles. The van der Waals surface area contributed by atoms with Gasteiger partial charge in [0.05, 0.1) is 0 Å². The summed E-state index contributed by atoms with van der Waals surface area (Å²) in [6.07, 6.45) is 11.5. The summed E-state index contributed by atoms with van der Waals surface area (Å²) in [6, 6.07) is 10.6. The zero-order chi connectivity index (χ0) is 49.3. The van der Waals surface area contributed by atoms with Crippen molar-refractivity contribution in [1.82, 2.24) is 0 Å². The molecule has 1 heteroatoms. The van der Waals surface area contributed by atoms with E-state index in [4.69, 9.17) is 0 Å². The minimum Gasteiger partial charge on any atom is -0.405 e. The molecule has 1 fully saturated rings. The molecule has 1 nitrogen and oxygen atoms in total. The van der Waals surface area contributed by atoms with Crippen LogP contribution in [-0.4, -0.2) is 0 Å². The first-order valence-electron chi connectivity index (χ1n) is 23.1. The first-order valence-corrected chi connectivity index (χ1v) is 23.1. The Morgan fingerprint density at radius 1 is 0.783 bits per heavy atom. The van der Waals surface area contributed by atoms with Crippen LogP contribution in [-0.2, 0) is 5.41 Å². The summed E-state index contributed by atoms with van der Waals surface area (Å²) in [5.74, 6) is 3.72. The third-order valence-corrected chi connectivity index (χ3v) is 11.6. The largest absolute Gasteiger partial charge is 0.405 e. The van der Waals surface area contributed by atoms with Crippen molar-refractivity contribution in [2.45, 2.75) is 196 Å². The topological polar surface area (TPSA) is 26.0 Å². The van der Waals surface area contributed by atoms with E-state index in [9.17, 15) is 0 Å². The predicted octanol–water partition coefficient (Wildman–Crippen LogP) is 19.9. The predicted molar refractivity (Wildman–Crippen MR) is 286 cm³/mol. The number of hydrogen-bond acceptors (Lipinski definition) is 1. The van der Waals surface area contributed by atoms with Crippen LogP contribution in [0.5, 0.6) is 0 Å². The molecule has 0 spiro atoms. The van der Waals surface area contributed by atoms with Crippen LogP contribution in [0.1, 0.15) is 196 Å². The van der Waals surface area contributed by atoms with Gasteiger partial charge < -0.3 is 5.73 Å². The van der Waals surface area contributed by atoms with E-state index in [0.717, 1.165) is 36.7 Å². The molecular formula is C59H109N. The van der Waals surface area contributed by atoms with Gasteiger partial charge in [-0.3, -0.25) is 0 Å². The second-order valence-electron chi connectivity index (χ2n) is 20.6. The highest BCUT2D eigenvalue weighted by molar-refractivity contribution is 5.25. The Balaban J connectivity index is -0.000000145. The Kier molecular flexibility index (Phi) is 41.9. The summed E-state index contributed by atoms with van der Waals surface area (Å²) in [5.41, 5.74) is 14.1. The summed E-state index contributed by atoms with van der Waals surface area (Å²) >= 11 is 0. The maximum Gasteiger partial charge on any atom is -0.0132 e. The smallest absolute Gasteiger partial charge is 0.0132 e. The summed E-state index contributed by atoms with van der Waals surface area (Å²) in [7, 11) is 0. The van der Waals surface area contributed by atoms with Crippen LogP contribution in [0, 0.1) is 45.8 Å². The molecule has 0 aromatic heterocycles. The van der Waals surface area contributed by atoms with E-state index in [1.807, 2.05) is 13.0 Å². The molecule has 60 heavy (non-hydrogen) atoms. The van der Waals surface area contributed by atoms with E-state index >= 15 is 0 Å². The molecule has 2 rings (SSSR count). The van der Waals surface area contributed by atoms with Crippen molar-refractivity contribution >= 4 is 0 Å². The minimum atomic E-state index is 0.293. The highest BCUT2D eigenvalue weighted by atomic mass is 14.6. The molecule has 0 radical (unpaired) electrons. The van der Waals surface area contributed by atoms with Crippen LogP contribution < -0.4 is 5.73 Å². The maximum absolute atomic E-state index is 4.61. The fourth-order valence-electron chi connectivity index (χ4n) is 6.11. The third-order valence-electron chi connectivity index (χ3n) is 11.6. The average Bonchev–Trinajstić information content (AvgIpc) is 3.73. The number of allylic oxidation sites excluding steroid dienone is 6. The molecule has 0 amide bonds. The lowest BCUT2D eigenvalue weighted by molar-refractivity contribution is 0.297. The molecule has 0 saturated heterocycles. The van der Waals surface area contributed by atoms with Gasteiger partial charge in [0.15, 0.2) is 0 Å². The van der Waals surface area contributed by atoms with E-state index in [1.54, 1.807) is 0 Å². The van der Waals surface area contributed by atoms with Gasteiger partial charge in [-0.15, -0.1) is 26.3 Å². The van der Waals surface area contributed by atoms with Crippen molar-refractivity contribution < 1.29 is 0 Å². The van der Waals surface area contributed by atoms with Crippen LogP contribution in [0.2, 0.25) is 0 Å². The molecule has 0 bridgehead atoms. The molecule has 350 valence electrons. The Morgan fingerprint density at radius 3 is 1.38 bits per heavy atom. The van der Waals surface area contributed by atoms with Crippen molar-refractivity contribution in [1.29, 1.82) is 0 Å². The Bertz CT molecular complexity index is 1280. The molecule has 5 atom stereocenters. The van der Waals surface area contributed by atoms with Gasteiger partial charge in [-0.2, -0.15) is 0 Å². The van der Waals surface area contributed by atoms with Gasteiger partial charge in [0.25, 0.3) is 0 Å². The average molecular weight is 833 g/mol. The van der Waals surface area contributed by atoms with Gasteiger partial charge in [0.1, 0.15) is 0 Å². The van der Waals surface area contributed by atoms with Gasteiger partial charge in [-0.25, -0.2) is 0 Å². The fourth-order valence-corrected chi connectivity index (χ4v) is 6.11. The normalized spacial score (nSPS) is 15.8. The molecule has 1 aliphatic carbocycles. The van der Waals surface area contributed by atoms with Crippen molar-refractivity contribution in [3.63, 3.8) is 0 Å². The number of nitrogens with two attached hydrogens (primary N) is 1. The van der Waals surface area contributed by atoms with Crippen LogP contribution in [0.3, 0.4) is 0 Å². The lowest BCUT2D eigenvalue weighted by atomic mass is 9.77. The minimum absolute atomic E-state index is 0.293. The summed E-state index contributed by atoms with van der Waals surface area (Å²) in [4.78, 5) is 0. The van der Waals surface area contributed by atoms with Crippen molar-refractivity contribution in [2.24, 2.45) is 51.6 Å². The molecule has 1 aromatic carbocycles. The Morgan fingerprint density at radius 2 is 1.20 bits per heavy atom. The Labute approximate surface area is 381 Å². The second-order valence-corrected chi connectivity index (χ2v) is 20.6. The van der Waals surface area contributed by atoms with E-state index in [2.05, 4.69) is 234 Å². The van der Waals surface area contributed by atoms with Gasteiger partial charge >= 0.3 is 0 Å². The molecule has 0 heterocycles. The highest BCUT2D eigenvalue weighted by Gasteiger charge is 2.58. The van der Waals surface area contributed by atoms with Crippen LogP contribution in [0.15, 0.2) is 130 Å². The summed E-state index contributed by atoms with van der Waals surface area (Å²) in [5, 5.41) is 0. The SMILES string of the molecule is C=C.C=C(C)C(C)C1C(CC)C1(C)C.C=C(C)CCC.C=C(CC)C(C)C(C)(C)C.C=CCCC(C)C(=C)C(=C)C.C=CN.CC(C)(C)c1ccccc1.CCC(C)(C)C. The van der Waals surface area contributed by atoms with E-state index in [1.165, 1.54) is 59.7 Å². The molecule has 5 unspecified atom stereocenters. The van der Waals surface area contributed by atoms with Crippen molar-refractivity contribution in [3.05, 3.63) is 135 Å². The van der Waals surface area contributed by atoms with Gasteiger partial charge in [-0.05, 0) is 109 Å². The highest BCUT2D eigenvalue weighted by Crippen LogP contribution is 2.64. The summed E-state index contributed by atoms with van der Waals surface area (Å²) < 4.78 is 0. The zero-order valence-corrected chi connectivity index (χ0v) is 44.8. The van der Waals surface area contributed by atoms with Crippen LogP contribution in [0.25, 0.3) is 0 Å². The van der Waals surface area contributed by atoms with E-state index in [0.29, 0.717) is 39.4 Å². The zero-order valence-electron chi connectivity index (χ0n) is 44.8. The maximum atomic E-state index is 4.61. The van der Waals surface area contributed by atoms with Crippen LogP contribution >= 0.6 is 0 Å². The van der Waals surface area contributed by atoms with Crippen LogP contribution in [0.4, 0.5) is 0 Å². The molecular weight excluding hydrogens is 723 g/mol. The van der Waals surface area contributed by atoms with Crippen molar-refractivity contribution in [3.8, 4) is 0 Å². The monoisotopic (exact) mass is 832 g/mol. The first-order chi connectivity index (χ1) is 27.3. The van der Waals surface area contributed by atoms with Gasteiger partial charge in [0, 0.05) is 0 Å². The molecule has 1 aliphatic rings. The Hall–Kier alpha value is -3.06.